The number of halogens is 1. The normalized spacial score (nSPS) is 17.8. The molecule has 0 aliphatic carbocycles. The Kier molecular flexibility index (Phi) is 4.17. The van der Waals surface area contributed by atoms with E-state index < -0.39 is 5.60 Å². The molecule has 0 radical (unpaired) electrons. The number of aliphatic hydroxyl groups is 1. The Balaban J connectivity index is 1.63. The van der Waals surface area contributed by atoms with Crippen LogP contribution in [0.1, 0.15) is 12.5 Å². The smallest absolute Gasteiger partial charge is 0.234 e. The summed E-state index contributed by atoms with van der Waals surface area (Å²) in [5.74, 6) is -0.296. The van der Waals surface area contributed by atoms with E-state index in [1.807, 2.05) is 4.90 Å². The van der Waals surface area contributed by atoms with Crippen molar-refractivity contribution in [3.05, 3.63) is 35.6 Å². The molecule has 1 aliphatic heterocycles. The van der Waals surface area contributed by atoms with Crippen LogP contribution in [0.5, 0.6) is 0 Å². The predicted octanol–water partition coefficient (Wildman–Crippen LogP) is 0.551. The van der Waals surface area contributed by atoms with Crippen LogP contribution in [0.2, 0.25) is 0 Å². The second-order valence-corrected chi connectivity index (χ2v) is 5.37. The molecule has 0 bridgehead atoms. The van der Waals surface area contributed by atoms with E-state index in [-0.39, 0.29) is 11.7 Å². The molecule has 1 aromatic rings. The summed E-state index contributed by atoms with van der Waals surface area (Å²) in [6.07, 6.45) is 0.684. The monoisotopic (exact) mass is 266 g/mol. The van der Waals surface area contributed by atoms with Crippen molar-refractivity contribution in [2.75, 3.05) is 26.2 Å². The third kappa shape index (κ3) is 4.29. The van der Waals surface area contributed by atoms with Gasteiger partial charge in [-0.3, -0.25) is 9.69 Å². The van der Waals surface area contributed by atoms with Crippen LogP contribution in [0.15, 0.2) is 24.3 Å². The zero-order chi connectivity index (χ0) is 13.9. The van der Waals surface area contributed by atoms with E-state index >= 15 is 0 Å². The number of β-amino-alcohol motifs (C(OH)–C–C–N with tert-alkyl or cyclic N) is 1. The van der Waals surface area contributed by atoms with Crippen molar-refractivity contribution in [3.8, 4) is 0 Å². The van der Waals surface area contributed by atoms with Gasteiger partial charge in [-0.15, -0.1) is 0 Å². The standard InChI is InChI=1S/C14H19FN2O2/c1-14(19)9-17(10-14)8-13(18)16-7-6-11-2-4-12(15)5-3-11/h2-5,19H,6-10H2,1H3,(H,16,18). The molecule has 4 nitrogen and oxygen atoms in total. The fourth-order valence-electron chi connectivity index (χ4n) is 2.29. The van der Waals surface area contributed by atoms with Crippen LogP contribution < -0.4 is 5.32 Å². The molecule has 1 aromatic carbocycles. The number of nitrogens with one attached hydrogen (secondary N) is 1. The van der Waals surface area contributed by atoms with Crippen LogP contribution in [0.4, 0.5) is 4.39 Å². The van der Waals surface area contributed by atoms with Crippen molar-refractivity contribution in [3.63, 3.8) is 0 Å². The highest BCUT2D eigenvalue weighted by atomic mass is 19.1. The Morgan fingerprint density at radius 3 is 2.63 bits per heavy atom. The number of carbonyl (C=O) groups is 1. The highest BCUT2D eigenvalue weighted by Gasteiger charge is 2.36. The minimum absolute atomic E-state index is 0.0439. The summed E-state index contributed by atoms with van der Waals surface area (Å²) in [7, 11) is 0. The number of hydrogen-bond acceptors (Lipinski definition) is 3. The molecule has 0 aromatic heterocycles. The highest BCUT2D eigenvalue weighted by molar-refractivity contribution is 5.78. The van der Waals surface area contributed by atoms with Gasteiger partial charge in [-0.1, -0.05) is 12.1 Å². The van der Waals surface area contributed by atoms with E-state index in [2.05, 4.69) is 5.32 Å². The van der Waals surface area contributed by atoms with Gasteiger partial charge in [-0.2, -0.15) is 0 Å². The summed E-state index contributed by atoms with van der Waals surface area (Å²) < 4.78 is 12.7. The molecule has 0 atom stereocenters. The second-order valence-electron chi connectivity index (χ2n) is 5.37. The average molecular weight is 266 g/mol. The average Bonchev–Trinajstić information content (AvgIpc) is 2.29. The molecular formula is C14H19FN2O2. The molecule has 5 heteroatoms. The topological polar surface area (TPSA) is 52.6 Å². The van der Waals surface area contributed by atoms with Crippen LogP contribution >= 0.6 is 0 Å². The second kappa shape index (κ2) is 5.67. The maximum Gasteiger partial charge on any atom is 0.234 e. The third-order valence-electron chi connectivity index (χ3n) is 3.14. The lowest BCUT2D eigenvalue weighted by atomic mass is 9.97. The van der Waals surface area contributed by atoms with E-state index in [9.17, 15) is 14.3 Å². The molecule has 0 spiro atoms. The number of carbonyl (C=O) groups excluding carboxylic acids is 1. The van der Waals surface area contributed by atoms with Crippen molar-refractivity contribution in [2.24, 2.45) is 0 Å². The summed E-state index contributed by atoms with van der Waals surface area (Å²) >= 11 is 0. The molecule has 2 N–H and O–H groups in total. The Hall–Kier alpha value is -1.46. The van der Waals surface area contributed by atoms with Crippen molar-refractivity contribution in [1.82, 2.24) is 10.2 Å². The Bertz CT molecular complexity index is 437. The molecule has 0 saturated carbocycles. The predicted molar refractivity (Wildman–Crippen MR) is 70.2 cm³/mol. The van der Waals surface area contributed by atoms with Crippen molar-refractivity contribution in [2.45, 2.75) is 18.9 Å². The summed E-state index contributed by atoms with van der Waals surface area (Å²) in [6.45, 7) is 3.70. The number of nitrogens with zero attached hydrogens (tertiary/aromatic N) is 1. The summed E-state index contributed by atoms with van der Waals surface area (Å²) in [5.41, 5.74) is 0.350. The number of likely N-dealkylation sites (tertiary alicyclic amines) is 1. The molecule has 0 unspecified atom stereocenters. The molecule has 1 heterocycles. The van der Waals surface area contributed by atoms with E-state index in [1.54, 1.807) is 19.1 Å². The Morgan fingerprint density at radius 1 is 1.42 bits per heavy atom. The minimum Gasteiger partial charge on any atom is -0.388 e. The third-order valence-corrected chi connectivity index (χ3v) is 3.14. The van der Waals surface area contributed by atoms with Gasteiger partial charge in [0.1, 0.15) is 5.82 Å². The summed E-state index contributed by atoms with van der Waals surface area (Å²) in [4.78, 5) is 13.5. The van der Waals surface area contributed by atoms with Gasteiger partial charge in [-0.05, 0) is 31.0 Å². The molecule has 1 saturated heterocycles. The van der Waals surface area contributed by atoms with Gasteiger partial charge in [0.2, 0.25) is 5.91 Å². The van der Waals surface area contributed by atoms with Gasteiger partial charge < -0.3 is 10.4 Å². The highest BCUT2D eigenvalue weighted by Crippen LogP contribution is 2.18. The van der Waals surface area contributed by atoms with E-state index in [1.165, 1.54) is 12.1 Å². The SMILES string of the molecule is CC1(O)CN(CC(=O)NCCc2ccc(F)cc2)C1. The summed E-state index contributed by atoms with van der Waals surface area (Å²) in [6, 6.07) is 6.26. The quantitative estimate of drug-likeness (QED) is 0.818. The van der Waals surface area contributed by atoms with Crippen molar-refractivity contribution in [1.29, 1.82) is 0 Å². The van der Waals surface area contributed by atoms with Crippen molar-refractivity contribution < 1.29 is 14.3 Å². The molecule has 1 fully saturated rings. The first-order valence-electron chi connectivity index (χ1n) is 6.40. The molecular weight excluding hydrogens is 247 g/mol. The molecule has 2 rings (SSSR count). The van der Waals surface area contributed by atoms with E-state index in [4.69, 9.17) is 0 Å². The van der Waals surface area contributed by atoms with E-state index in [0.29, 0.717) is 32.6 Å². The van der Waals surface area contributed by atoms with Gasteiger partial charge in [0.15, 0.2) is 0 Å². The maximum absolute atomic E-state index is 12.7. The fraction of sp³-hybridized carbons (Fsp3) is 0.500. The first-order chi connectivity index (χ1) is 8.94. The van der Waals surface area contributed by atoms with Gasteiger partial charge >= 0.3 is 0 Å². The van der Waals surface area contributed by atoms with Crippen LogP contribution in [-0.2, 0) is 11.2 Å². The summed E-state index contributed by atoms with van der Waals surface area (Å²) in [5, 5.41) is 12.4. The maximum atomic E-state index is 12.7. The van der Waals surface area contributed by atoms with Crippen LogP contribution in [0, 0.1) is 5.82 Å². The zero-order valence-electron chi connectivity index (χ0n) is 11.0. The minimum atomic E-state index is -0.644. The zero-order valence-corrected chi connectivity index (χ0v) is 11.0. The van der Waals surface area contributed by atoms with Crippen LogP contribution in [0.3, 0.4) is 0 Å². The Labute approximate surface area is 112 Å². The molecule has 1 aliphatic rings. The van der Waals surface area contributed by atoms with Gasteiger partial charge in [0.05, 0.1) is 12.1 Å². The number of benzene rings is 1. The van der Waals surface area contributed by atoms with Gasteiger partial charge in [-0.25, -0.2) is 4.39 Å². The van der Waals surface area contributed by atoms with Gasteiger partial charge in [0.25, 0.3) is 0 Å². The lowest BCUT2D eigenvalue weighted by Gasteiger charge is -2.43. The van der Waals surface area contributed by atoms with Crippen LogP contribution in [-0.4, -0.2) is 47.7 Å². The Morgan fingerprint density at radius 2 is 2.05 bits per heavy atom. The number of amides is 1. The molecule has 1 amide bonds. The molecule has 19 heavy (non-hydrogen) atoms. The van der Waals surface area contributed by atoms with Crippen molar-refractivity contribution >= 4 is 5.91 Å². The lowest BCUT2D eigenvalue weighted by Crippen LogP contribution is -2.61. The number of hydrogen-bond donors (Lipinski definition) is 2. The first-order valence-corrected chi connectivity index (χ1v) is 6.40. The largest absolute Gasteiger partial charge is 0.388 e. The fourth-order valence-corrected chi connectivity index (χ4v) is 2.29. The van der Waals surface area contributed by atoms with E-state index in [0.717, 1.165) is 5.56 Å². The lowest BCUT2D eigenvalue weighted by molar-refractivity contribution is -0.130. The van der Waals surface area contributed by atoms with Crippen LogP contribution in [0.25, 0.3) is 0 Å². The molecule has 104 valence electrons. The van der Waals surface area contributed by atoms with Gasteiger partial charge in [0, 0.05) is 19.6 Å². The number of rotatable bonds is 5. The first kappa shape index (κ1) is 14.0.